The van der Waals surface area contributed by atoms with E-state index in [2.05, 4.69) is 5.32 Å². The number of carboxylic acid groups (broad SMARTS) is 1. The lowest BCUT2D eigenvalue weighted by molar-refractivity contribution is -0.148. The number of benzene rings is 1. The van der Waals surface area contributed by atoms with Crippen LogP contribution < -0.4 is 10.1 Å². The van der Waals surface area contributed by atoms with Gasteiger partial charge in [-0.3, -0.25) is 10.1 Å². The largest absolute Gasteiger partial charge is 0.490 e. The van der Waals surface area contributed by atoms with Crippen LogP contribution in [0.2, 0.25) is 0 Å². The molecule has 2 saturated carbocycles. The number of carboxylic acids is 1. The lowest BCUT2D eigenvalue weighted by Gasteiger charge is -2.38. The second-order valence-corrected chi connectivity index (χ2v) is 5.96. The monoisotopic (exact) mass is 275 g/mol. The van der Waals surface area contributed by atoms with Gasteiger partial charge >= 0.3 is 5.97 Å². The molecule has 2 N–H and O–H groups in total. The minimum Gasteiger partial charge on any atom is -0.490 e. The third-order valence-corrected chi connectivity index (χ3v) is 4.22. The van der Waals surface area contributed by atoms with Gasteiger partial charge in [0.2, 0.25) is 0 Å². The van der Waals surface area contributed by atoms with E-state index in [1.807, 2.05) is 30.3 Å². The fourth-order valence-corrected chi connectivity index (χ4v) is 3.02. The normalized spacial score (nSPS) is 29.9. The number of ether oxygens (including phenoxy) is 1. The highest BCUT2D eigenvalue weighted by atomic mass is 16.5. The van der Waals surface area contributed by atoms with E-state index < -0.39 is 11.5 Å². The van der Waals surface area contributed by atoms with E-state index in [0.29, 0.717) is 18.9 Å². The van der Waals surface area contributed by atoms with Crippen molar-refractivity contribution in [3.8, 4) is 5.75 Å². The Morgan fingerprint density at radius 1 is 1.25 bits per heavy atom. The molecular weight excluding hydrogens is 254 g/mol. The first-order valence-corrected chi connectivity index (χ1v) is 7.41. The van der Waals surface area contributed by atoms with Crippen LogP contribution in [0.25, 0.3) is 0 Å². The van der Waals surface area contributed by atoms with Crippen LogP contribution in [0.5, 0.6) is 5.75 Å². The second-order valence-electron chi connectivity index (χ2n) is 5.96. The Bertz CT molecular complexity index is 472. The summed E-state index contributed by atoms with van der Waals surface area (Å²) >= 11 is 0. The van der Waals surface area contributed by atoms with Crippen LogP contribution in [-0.4, -0.2) is 28.8 Å². The van der Waals surface area contributed by atoms with Crippen molar-refractivity contribution in [1.29, 1.82) is 0 Å². The Morgan fingerprint density at radius 3 is 2.65 bits per heavy atom. The first-order valence-electron chi connectivity index (χ1n) is 7.41. The Labute approximate surface area is 119 Å². The molecule has 108 valence electrons. The van der Waals surface area contributed by atoms with E-state index in [9.17, 15) is 9.90 Å². The van der Waals surface area contributed by atoms with Gasteiger partial charge in [0.25, 0.3) is 0 Å². The quantitative estimate of drug-likeness (QED) is 0.867. The fraction of sp³-hybridized carbons (Fsp3) is 0.562. The third kappa shape index (κ3) is 2.96. The van der Waals surface area contributed by atoms with Crippen LogP contribution in [0.15, 0.2) is 30.3 Å². The molecule has 0 amide bonds. The third-order valence-electron chi connectivity index (χ3n) is 4.22. The highest BCUT2D eigenvalue weighted by Gasteiger charge is 2.46. The van der Waals surface area contributed by atoms with Gasteiger partial charge in [0.05, 0.1) is 0 Å². The summed E-state index contributed by atoms with van der Waals surface area (Å²) in [7, 11) is 0. The van der Waals surface area contributed by atoms with Gasteiger partial charge in [-0.05, 0) is 44.2 Å². The highest BCUT2D eigenvalue weighted by molar-refractivity contribution is 5.79. The van der Waals surface area contributed by atoms with Crippen molar-refractivity contribution in [1.82, 2.24) is 5.32 Å². The Balaban J connectivity index is 1.69. The topological polar surface area (TPSA) is 58.6 Å². The Morgan fingerprint density at radius 2 is 2.00 bits per heavy atom. The van der Waals surface area contributed by atoms with E-state index >= 15 is 0 Å². The summed E-state index contributed by atoms with van der Waals surface area (Å²) in [6, 6.07) is 10.1. The molecule has 0 spiro atoms. The predicted molar refractivity (Wildman–Crippen MR) is 75.9 cm³/mol. The molecule has 0 saturated heterocycles. The number of hydrogen-bond acceptors (Lipinski definition) is 3. The van der Waals surface area contributed by atoms with Crippen LogP contribution >= 0.6 is 0 Å². The maximum atomic E-state index is 11.7. The van der Waals surface area contributed by atoms with E-state index in [1.54, 1.807) is 0 Å². The summed E-state index contributed by atoms with van der Waals surface area (Å²) in [5.41, 5.74) is -0.793. The summed E-state index contributed by atoms with van der Waals surface area (Å²) in [4.78, 5) is 11.7. The molecule has 0 aromatic heterocycles. The molecule has 3 rings (SSSR count). The minimum absolute atomic E-state index is 0.0199. The molecule has 1 aromatic carbocycles. The lowest BCUT2D eigenvalue weighted by atomic mass is 9.80. The van der Waals surface area contributed by atoms with Gasteiger partial charge in [0.1, 0.15) is 17.4 Å². The van der Waals surface area contributed by atoms with Gasteiger partial charge in [-0.15, -0.1) is 0 Å². The van der Waals surface area contributed by atoms with Crippen LogP contribution in [0.1, 0.15) is 38.5 Å². The van der Waals surface area contributed by atoms with Crippen molar-refractivity contribution in [2.24, 2.45) is 0 Å². The smallest absolute Gasteiger partial charge is 0.324 e. The fourth-order valence-electron chi connectivity index (χ4n) is 3.02. The Kier molecular flexibility index (Phi) is 3.66. The second kappa shape index (κ2) is 5.44. The van der Waals surface area contributed by atoms with Crippen molar-refractivity contribution >= 4 is 5.97 Å². The van der Waals surface area contributed by atoms with Gasteiger partial charge in [-0.25, -0.2) is 0 Å². The molecule has 20 heavy (non-hydrogen) atoms. The molecule has 1 aromatic rings. The zero-order chi connectivity index (χ0) is 14.0. The van der Waals surface area contributed by atoms with Gasteiger partial charge < -0.3 is 9.84 Å². The molecular formula is C16H21NO3. The summed E-state index contributed by atoms with van der Waals surface area (Å²) in [5, 5.41) is 13.0. The maximum absolute atomic E-state index is 11.7. The van der Waals surface area contributed by atoms with Gasteiger partial charge in [0, 0.05) is 12.5 Å². The van der Waals surface area contributed by atoms with E-state index in [1.165, 1.54) is 0 Å². The maximum Gasteiger partial charge on any atom is 0.324 e. The predicted octanol–water partition coefficient (Wildman–Crippen LogP) is 2.58. The zero-order valence-corrected chi connectivity index (χ0v) is 11.5. The molecule has 2 aliphatic carbocycles. The van der Waals surface area contributed by atoms with Crippen molar-refractivity contribution in [3.05, 3.63) is 30.3 Å². The molecule has 2 atom stereocenters. The highest BCUT2D eigenvalue weighted by Crippen LogP contribution is 2.34. The minimum atomic E-state index is -0.793. The SMILES string of the molecule is O=C(O)C1(NC2CC2)CCCC(Oc2ccccc2)C1. The number of nitrogens with one attached hydrogen (secondary N) is 1. The summed E-state index contributed by atoms with van der Waals surface area (Å²) in [6.45, 7) is 0. The molecule has 2 unspecified atom stereocenters. The molecule has 2 fully saturated rings. The van der Waals surface area contributed by atoms with Crippen molar-refractivity contribution < 1.29 is 14.6 Å². The first-order chi connectivity index (χ1) is 9.68. The molecule has 0 aliphatic heterocycles. The molecule has 0 radical (unpaired) electrons. The molecule has 2 aliphatic rings. The van der Waals surface area contributed by atoms with E-state index in [4.69, 9.17) is 4.74 Å². The number of aliphatic carboxylic acids is 1. The van der Waals surface area contributed by atoms with Crippen molar-refractivity contribution in [2.45, 2.75) is 56.2 Å². The lowest BCUT2D eigenvalue weighted by Crippen LogP contribution is -2.57. The van der Waals surface area contributed by atoms with Crippen LogP contribution in [-0.2, 0) is 4.79 Å². The van der Waals surface area contributed by atoms with Gasteiger partial charge in [-0.2, -0.15) is 0 Å². The standard InChI is InChI=1S/C16H21NO3/c18-15(19)16(17-12-8-9-12)10-4-7-14(11-16)20-13-5-2-1-3-6-13/h1-3,5-6,12,14,17H,4,7-11H2,(H,18,19). The summed E-state index contributed by atoms with van der Waals surface area (Å²) < 4.78 is 5.96. The average molecular weight is 275 g/mol. The molecule has 0 bridgehead atoms. The van der Waals surface area contributed by atoms with Crippen LogP contribution in [0.4, 0.5) is 0 Å². The van der Waals surface area contributed by atoms with Gasteiger partial charge in [-0.1, -0.05) is 18.2 Å². The number of rotatable bonds is 5. The summed E-state index contributed by atoms with van der Waals surface area (Å²) in [5.74, 6) is 0.0934. The van der Waals surface area contributed by atoms with Crippen molar-refractivity contribution in [2.75, 3.05) is 0 Å². The van der Waals surface area contributed by atoms with Crippen LogP contribution in [0, 0.1) is 0 Å². The summed E-state index contributed by atoms with van der Waals surface area (Å²) in [6.07, 6.45) is 5.24. The van der Waals surface area contributed by atoms with Gasteiger partial charge in [0.15, 0.2) is 0 Å². The number of carbonyl (C=O) groups is 1. The van der Waals surface area contributed by atoms with Crippen molar-refractivity contribution in [3.63, 3.8) is 0 Å². The number of para-hydroxylation sites is 1. The average Bonchev–Trinajstić information content (AvgIpc) is 3.24. The molecule has 4 heteroatoms. The van der Waals surface area contributed by atoms with Crippen LogP contribution in [0.3, 0.4) is 0 Å². The van der Waals surface area contributed by atoms with E-state index in [-0.39, 0.29) is 6.10 Å². The molecule has 4 nitrogen and oxygen atoms in total. The number of hydrogen-bond donors (Lipinski definition) is 2. The van der Waals surface area contributed by atoms with E-state index in [0.717, 1.165) is 31.4 Å². The Hall–Kier alpha value is -1.55. The first kappa shape index (κ1) is 13.4. The zero-order valence-electron chi connectivity index (χ0n) is 11.5. The molecule has 0 heterocycles.